The molecule has 2 rings (SSSR count). The molecule has 0 aromatic heterocycles. The van der Waals surface area contributed by atoms with Gasteiger partial charge in [0.15, 0.2) is 0 Å². The van der Waals surface area contributed by atoms with E-state index in [4.69, 9.17) is 0 Å². The van der Waals surface area contributed by atoms with Crippen LogP contribution in [0.4, 0.5) is 0 Å². The van der Waals surface area contributed by atoms with Crippen molar-refractivity contribution in [1.82, 2.24) is 10.2 Å². The summed E-state index contributed by atoms with van der Waals surface area (Å²) in [5.74, 6) is -0.0396. The summed E-state index contributed by atoms with van der Waals surface area (Å²) in [7, 11) is 1.85. The number of hydrogen-bond donors (Lipinski definition) is 2. The molecule has 2 unspecified atom stereocenters. The number of amides is 1. The Morgan fingerprint density at radius 3 is 2.46 bits per heavy atom. The number of rotatable bonds is 6. The van der Waals surface area contributed by atoms with E-state index in [1.54, 1.807) is 13.8 Å². The van der Waals surface area contributed by atoms with Gasteiger partial charge in [-0.1, -0.05) is 42.5 Å². The first kappa shape index (κ1) is 18.4. The molecule has 0 aliphatic heterocycles. The minimum atomic E-state index is -0.829. The van der Waals surface area contributed by atoms with Crippen molar-refractivity contribution in [1.29, 1.82) is 0 Å². The van der Waals surface area contributed by atoms with Gasteiger partial charge in [-0.15, -0.1) is 0 Å². The van der Waals surface area contributed by atoms with E-state index in [-0.39, 0.29) is 18.0 Å². The summed E-state index contributed by atoms with van der Waals surface area (Å²) in [5, 5.41) is 15.3. The predicted octanol–water partition coefficient (Wildman–Crippen LogP) is 3.11. The lowest BCUT2D eigenvalue weighted by molar-refractivity contribution is -0.126. The van der Waals surface area contributed by atoms with Crippen molar-refractivity contribution in [3.8, 4) is 0 Å². The fourth-order valence-electron chi connectivity index (χ4n) is 2.99. The fraction of sp³-hybridized carbons (Fsp3) is 0.450. The van der Waals surface area contributed by atoms with Gasteiger partial charge in [0.05, 0.1) is 17.7 Å². The van der Waals surface area contributed by atoms with E-state index in [0.29, 0.717) is 6.54 Å². The van der Waals surface area contributed by atoms with Gasteiger partial charge in [0.2, 0.25) is 5.91 Å². The molecular formula is C20H28N2O2. The molecule has 2 atom stereocenters. The van der Waals surface area contributed by atoms with Crippen LogP contribution in [0.15, 0.2) is 42.5 Å². The molecule has 1 amide bonds. The Labute approximate surface area is 144 Å². The predicted molar refractivity (Wildman–Crippen MR) is 98.9 cm³/mol. The summed E-state index contributed by atoms with van der Waals surface area (Å²) in [4.78, 5) is 14.4. The molecule has 2 aromatic carbocycles. The molecule has 0 radical (unpaired) electrons. The molecule has 2 N–H and O–H groups in total. The highest BCUT2D eigenvalue weighted by Gasteiger charge is 2.24. The normalized spacial score (nSPS) is 14.6. The Bertz CT molecular complexity index is 701. The molecule has 4 nitrogen and oxygen atoms in total. The monoisotopic (exact) mass is 328 g/mol. The third kappa shape index (κ3) is 4.56. The molecule has 0 heterocycles. The minimum Gasteiger partial charge on any atom is -0.389 e. The van der Waals surface area contributed by atoms with E-state index >= 15 is 0 Å². The molecule has 0 spiro atoms. The van der Waals surface area contributed by atoms with Crippen LogP contribution < -0.4 is 5.32 Å². The van der Waals surface area contributed by atoms with Crippen LogP contribution in [0.25, 0.3) is 10.8 Å². The number of fused-ring (bicyclic) bond motifs is 1. The van der Waals surface area contributed by atoms with Crippen molar-refractivity contribution in [3.63, 3.8) is 0 Å². The Kier molecular flexibility index (Phi) is 5.62. The molecular weight excluding hydrogens is 300 g/mol. The zero-order valence-electron chi connectivity index (χ0n) is 15.2. The second kappa shape index (κ2) is 7.32. The maximum Gasteiger partial charge on any atom is 0.237 e. The summed E-state index contributed by atoms with van der Waals surface area (Å²) in [6.07, 6.45) is 0. The molecule has 0 bridgehead atoms. The fourth-order valence-corrected chi connectivity index (χ4v) is 2.99. The molecule has 24 heavy (non-hydrogen) atoms. The van der Waals surface area contributed by atoms with E-state index in [9.17, 15) is 9.90 Å². The Balaban J connectivity index is 2.10. The van der Waals surface area contributed by atoms with Gasteiger partial charge in [0.25, 0.3) is 0 Å². The SMILES string of the molecule is CC(NC(=O)C(C)N(C)CC(C)(C)O)c1cccc2ccccc12. The highest BCUT2D eigenvalue weighted by molar-refractivity contribution is 5.87. The third-order valence-electron chi connectivity index (χ3n) is 4.33. The number of nitrogens with one attached hydrogen (secondary N) is 1. The van der Waals surface area contributed by atoms with Crippen LogP contribution in [0.2, 0.25) is 0 Å². The molecule has 0 aliphatic rings. The van der Waals surface area contributed by atoms with E-state index < -0.39 is 5.60 Å². The number of hydrogen-bond acceptors (Lipinski definition) is 3. The van der Waals surface area contributed by atoms with Gasteiger partial charge in [-0.05, 0) is 51.1 Å². The van der Waals surface area contributed by atoms with E-state index in [2.05, 4.69) is 29.6 Å². The number of benzene rings is 2. The van der Waals surface area contributed by atoms with Crippen molar-refractivity contribution < 1.29 is 9.90 Å². The van der Waals surface area contributed by atoms with Crippen molar-refractivity contribution in [2.75, 3.05) is 13.6 Å². The van der Waals surface area contributed by atoms with Crippen molar-refractivity contribution >= 4 is 16.7 Å². The first-order valence-electron chi connectivity index (χ1n) is 8.40. The van der Waals surface area contributed by atoms with Crippen molar-refractivity contribution in [2.45, 2.75) is 45.4 Å². The van der Waals surface area contributed by atoms with Gasteiger partial charge in [-0.2, -0.15) is 0 Å². The topological polar surface area (TPSA) is 52.6 Å². The van der Waals surface area contributed by atoms with Crippen LogP contribution in [0.1, 0.15) is 39.3 Å². The number of likely N-dealkylation sites (N-methyl/N-ethyl adjacent to an activating group) is 1. The smallest absolute Gasteiger partial charge is 0.237 e. The largest absolute Gasteiger partial charge is 0.389 e. The van der Waals surface area contributed by atoms with Crippen molar-refractivity contribution in [3.05, 3.63) is 48.0 Å². The second-order valence-electron chi connectivity index (χ2n) is 7.20. The standard InChI is InChI=1S/C20H28N2O2/c1-14(17-12-8-10-16-9-6-7-11-18(16)17)21-19(23)15(2)22(5)13-20(3,4)24/h6-12,14-15,24H,13H2,1-5H3,(H,21,23). The molecule has 2 aromatic rings. The molecule has 4 heteroatoms. The minimum absolute atomic E-state index is 0.0396. The van der Waals surface area contributed by atoms with E-state index in [1.165, 1.54) is 5.39 Å². The van der Waals surface area contributed by atoms with E-state index in [0.717, 1.165) is 10.9 Å². The van der Waals surface area contributed by atoms with Crippen LogP contribution in [-0.2, 0) is 4.79 Å². The Hall–Kier alpha value is -1.91. The highest BCUT2D eigenvalue weighted by Crippen LogP contribution is 2.24. The van der Waals surface area contributed by atoms with Crippen LogP contribution in [0.3, 0.4) is 0 Å². The van der Waals surface area contributed by atoms with Gasteiger partial charge in [-0.25, -0.2) is 0 Å². The van der Waals surface area contributed by atoms with Crippen LogP contribution in [0.5, 0.6) is 0 Å². The van der Waals surface area contributed by atoms with Crippen LogP contribution in [-0.4, -0.2) is 41.1 Å². The zero-order valence-corrected chi connectivity index (χ0v) is 15.2. The van der Waals surface area contributed by atoms with Gasteiger partial charge >= 0.3 is 0 Å². The molecule has 130 valence electrons. The summed E-state index contributed by atoms with van der Waals surface area (Å²) in [6.45, 7) is 7.78. The lowest BCUT2D eigenvalue weighted by Crippen LogP contribution is -2.48. The maximum atomic E-state index is 12.6. The van der Waals surface area contributed by atoms with Gasteiger partial charge < -0.3 is 10.4 Å². The first-order valence-corrected chi connectivity index (χ1v) is 8.40. The van der Waals surface area contributed by atoms with Gasteiger partial charge in [-0.3, -0.25) is 9.69 Å². The van der Waals surface area contributed by atoms with Crippen LogP contribution in [0, 0.1) is 0 Å². The quantitative estimate of drug-likeness (QED) is 0.857. The van der Waals surface area contributed by atoms with Gasteiger partial charge in [0, 0.05) is 6.54 Å². The summed E-state index contributed by atoms with van der Waals surface area (Å²) < 4.78 is 0. The second-order valence-corrected chi connectivity index (χ2v) is 7.20. The number of carbonyl (C=O) groups is 1. The highest BCUT2D eigenvalue weighted by atomic mass is 16.3. The summed E-state index contributed by atoms with van der Waals surface area (Å²) in [5.41, 5.74) is 0.281. The van der Waals surface area contributed by atoms with E-state index in [1.807, 2.05) is 44.0 Å². The summed E-state index contributed by atoms with van der Waals surface area (Å²) >= 11 is 0. The Morgan fingerprint density at radius 1 is 1.17 bits per heavy atom. The average Bonchev–Trinajstić information content (AvgIpc) is 2.51. The molecule has 0 aliphatic carbocycles. The number of nitrogens with zero attached hydrogens (tertiary/aromatic N) is 1. The third-order valence-corrected chi connectivity index (χ3v) is 4.33. The summed E-state index contributed by atoms with van der Waals surface area (Å²) in [6, 6.07) is 13.9. The lowest BCUT2D eigenvalue weighted by atomic mass is 9.99. The molecule has 0 saturated carbocycles. The lowest BCUT2D eigenvalue weighted by Gasteiger charge is -2.30. The number of aliphatic hydroxyl groups is 1. The molecule has 0 saturated heterocycles. The first-order chi connectivity index (χ1) is 11.2. The zero-order chi connectivity index (χ0) is 17.9. The number of carbonyl (C=O) groups excluding carboxylic acids is 1. The maximum absolute atomic E-state index is 12.6. The average molecular weight is 328 g/mol. The van der Waals surface area contributed by atoms with Crippen LogP contribution >= 0.6 is 0 Å². The van der Waals surface area contributed by atoms with Gasteiger partial charge in [0.1, 0.15) is 0 Å². The Morgan fingerprint density at radius 2 is 1.79 bits per heavy atom. The molecule has 0 fully saturated rings. The van der Waals surface area contributed by atoms with Crippen molar-refractivity contribution in [2.24, 2.45) is 0 Å².